The number of nitrogens with one attached hydrogen (secondary N) is 1. The fraction of sp³-hybridized carbons (Fsp3) is 0.385. The van der Waals surface area contributed by atoms with Crippen LogP contribution in [0.1, 0.15) is 13.3 Å². The molecule has 20 heavy (non-hydrogen) atoms. The number of rotatable bonds is 2. The van der Waals surface area contributed by atoms with Gasteiger partial charge in [0, 0.05) is 11.0 Å². The molecule has 2 atom stereocenters. The molecular weight excluding hydrogens is 331 g/mol. The van der Waals surface area contributed by atoms with Crippen molar-refractivity contribution in [1.82, 2.24) is 4.90 Å². The maximum Gasteiger partial charge on any atom is 0.326 e. The number of carboxylic acid groups (broad SMARTS) is 1. The second-order valence-electron chi connectivity index (χ2n) is 4.80. The number of urea groups is 1. The zero-order valence-electron chi connectivity index (χ0n) is 10.8. The Morgan fingerprint density at radius 1 is 1.50 bits per heavy atom. The molecule has 2 unspecified atom stereocenters. The summed E-state index contributed by atoms with van der Waals surface area (Å²) in [5.74, 6) is -1.73. The van der Waals surface area contributed by atoms with Crippen molar-refractivity contribution in [2.24, 2.45) is 5.92 Å². The van der Waals surface area contributed by atoms with Crippen LogP contribution in [0.2, 0.25) is 0 Å². The molecule has 0 saturated carbocycles. The number of carbonyl (C=O) groups excluding carboxylic acids is 1. The molecule has 5 nitrogen and oxygen atoms in total. The monoisotopic (exact) mass is 344 g/mol. The number of likely N-dealkylation sites (tertiary alicyclic amines) is 1. The van der Waals surface area contributed by atoms with Crippen LogP contribution >= 0.6 is 15.9 Å². The predicted molar refractivity (Wildman–Crippen MR) is 75.0 cm³/mol. The van der Waals surface area contributed by atoms with Crippen LogP contribution in [0.15, 0.2) is 22.7 Å². The van der Waals surface area contributed by atoms with E-state index in [4.69, 9.17) is 5.11 Å². The molecule has 1 saturated heterocycles. The SMILES string of the molecule is CC1CCN(C(=O)Nc2cc(Br)ccc2F)C1C(=O)O. The first-order valence-corrected chi connectivity index (χ1v) is 6.95. The minimum Gasteiger partial charge on any atom is -0.480 e. The number of anilines is 1. The maximum absolute atomic E-state index is 13.6. The van der Waals surface area contributed by atoms with Gasteiger partial charge in [0.1, 0.15) is 11.9 Å². The Kier molecular flexibility index (Phi) is 4.27. The van der Waals surface area contributed by atoms with Crippen molar-refractivity contribution < 1.29 is 19.1 Å². The third kappa shape index (κ3) is 2.92. The summed E-state index contributed by atoms with van der Waals surface area (Å²) in [6, 6.07) is 2.70. The van der Waals surface area contributed by atoms with Gasteiger partial charge in [-0.1, -0.05) is 22.9 Å². The van der Waals surface area contributed by atoms with E-state index in [-0.39, 0.29) is 11.6 Å². The zero-order chi connectivity index (χ0) is 14.9. The highest BCUT2D eigenvalue weighted by Crippen LogP contribution is 2.26. The van der Waals surface area contributed by atoms with Crippen molar-refractivity contribution in [3.8, 4) is 0 Å². The topological polar surface area (TPSA) is 69.6 Å². The van der Waals surface area contributed by atoms with Crippen LogP contribution in [0.25, 0.3) is 0 Å². The standard InChI is InChI=1S/C13H14BrFN2O3/c1-7-4-5-17(11(7)12(18)19)13(20)16-10-6-8(14)2-3-9(10)15/h2-3,6-7,11H,4-5H2,1H3,(H,16,20)(H,18,19). The van der Waals surface area contributed by atoms with E-state index in [9.17, 15) is 14.0 Å². The maximum atomic E-state index is 13.6. The minimum absolute atomic E-state index is 0.0214. The lowest BCUT2D eigenvalue weighted by Crippen LogP contribution is -2.44. The lowest BCUT2D eigenvalue weighted by Gasteiger charge is -2.23. The number of benzene rings is 1. The first-order valence-electron chi connectivity index (χ1n) is 6.15. The number of halogens is 2. The second kappa shape index (κ2) is 5.78. The lowest BCUT2D eigenvalue weighted by molar-refractivity contribution is -0.142. The Hall–Kier alpha value is -1.63. The molecule has 0 spiro atoms. The Bertz CT molecular complexity index is 552. The summed E-state index contributed by atoms with van der Waals surface area (Å²) in [6.45, 7) is 2.13. The number of hydrogen-bond acceptors (Lipinski definition) is 2. The van der Waals surface area contributed by atoms with E-state index in [0.29, 0.717) is 17.4 Å². The Morgan fingerprint density at radius 2 is 2.20 bits per heavy atom. The molecule has 1 aliphatic rings. The van der Waals surface area contributed by atoms with E-state index in [0.717, 1.165) is 0 Å². The van der Waals surface area contributed by atoms with Crippen LogP contribution in [0.4, 0.5) is 14.9 Å². The average Bonchev–Trinajstić information content (AvgIpc) is 2.76. The van der Waals surface area contributed by atoms with Gasteiger partial charge in [0.15, 0.2) is 0 Å². The van der Waals surface area contributed by atoms with Crippen LogP contribution in [-0.2, 0) is 4.79 Å². The molecule has 0 aromatic heterocycles. The quantitative estimate of drug-likeness (QED) is 0.866. The van der Waals surface area contributed by atoms with Crippen LogP contribution in [0, 0.1) is 11.7 Å². The molecule has 0 aliphatic carbocycles. The molecule has 2 N–H and O–H groups in total. The van der Waals surface area contributed by atoms with Gasteiger partial charge in [-0.2, -0.15) is 0 Å². The summed E-state index contributed by atoms with van der Waals surface area (Å²) in [5, 5.41) is 11.6. The van der Waals surface area contributed by atoms with Crippen molar-refractivity contribution in [2.45, 2.75) is 19.4 Å². The number of hydrogen-bond donors (Lipinski definition) is 2. The molecule has 0 radical (unpaired) electrons. The lowest BCUT2D eigenvalue weighted by atomic mass is 10.0. The van der Waals surface area contributed by atoms with Crippen molar-refractivity contribution in [2.75, 3.05) is 11.9 Å². The largest absolute Gasteiger partial charge is 0.480 e. The highest BCUT2D eigenvalue weighted by atomic mass is 79.9. The number of aliphatic carboxylic acids is 1. The van der Waals surface area contributed by atoms with Gasteiger partial charge in [-0.05, 0) is 30.5 Å². The molecule has 1 fully saturated rings. The molecule has 1 aliphatic heterocycles. The number of nitrogens with zero attached hydrogens (tertiary/aromatic N) is 1. The zero-order valence-corrected chi connectivity index (χ0v) is 12.4. The summed E-state index contributed by atoms with van der Waals surface area (Å²) in [6.07, 6.45) is 0.616. The van der Waals surface area contributed by atoms with Gasteiger partial charge in [0.25, 0.3) is 0 Å². The number of amides is 2. The van der Waals surface area contributed by atoms with Crippen LogP contribution in [0.5, 0.6) is 0 Å². The number of carboxylic acids is 1. The van der Waals surface area contributed by atoms with E-state index in [1.807, 2.05) is 0 Å². The smallest absolute Gasteiger partial charge is 0.326 e. The predicted octanol–water partition coefficient (Wildman–Crippen LogP) is 2.92. The Morgan fingerprint density at radius 3 is 2.85 bits per heavy atom. The summed E-state index contributed by atoms with van der Waals surface area (Å²) in [7, 11) is 0. The summed E-state index contributed by atoms with van der Waals surface area (Å²) in [4.78, 5) is 24.5. The molecule has 1 aromatic rings. The molecule has 1 heterocycles. The van der Waals surface area contributed by atoms with Gasteiger partial charge in [-0.15, -0.1) is 0 Å². The van der Waals surface area contributed by atoms with Crippen molar-refractivity contribution in [3.05, 3.63) is 28.5 Å². The van der Waals surface area contributed by atoms with E-state index in [1.165, 1.54) is 23.1 Å². The van der Waals surface area contributed by atoms with E-state index in [2.05, 4.69) is 21.2 Å². The van der Waals surface area contributed by atoms with Gasteiger partial charge >= 0.3 is 12.0 Å². The molecule has 2 rings (SSSR count). The first kappa shape index (κ1) is 14.8. The van der Waals surface area contributed by atoms with Crippen LogP contribution in [-0.4, -0.2) is 34.6 Å². The van der Waals surface area contributed by atoms with Gasteiger partial charge in [0.2, 0.25) is 0 Å². The van der Waals surface area contributed by atoms with Crippen LogP contribution in [0.3, 0.4) is 0 Å². The molecule has 7 heteroatoms. The van der Waals surface area contributed by atoms with Crippen molar-refractivity contribution in [3.63, 3.8) is 0 Å². The fourth-order valence-corrected chi connectivity index (χ4v) is 2.69. The number of carbonyl (C=O) groups is 2. The highest BCUT2D eigenvalue weighted by Gasteiger charge is 2.39. The normalized spacial score (nSPS) is 21.9. The Labute approximate surface area is 123 Å². The van der Waals surface area contributed by atoms with E-state index >= 15 is 0 Å². The van der Waals surface area contributed by atoms with Gasteiger partial charge in [-0.25, -0.2) is 14.0 Å². The van der Waals surface area contributed by atoms with Gasteiger partial charge in [0.05, 0.1) is 5.69 Å². The fourth-order valence-electron chi connectivity index (χ4n) is 2.33. The minimum atomic E-state index is -1.04. The summed E-state index contributed by atoms with van der Waals surface area (Å²) in [5.41, 5.74) is 0.0214. The van der Waals surface area contributed by atoms with Crippen molar-refractivity contribution in [1.29, 1.82) is 0 Å². The Balaban J connectivity index is 2.16. The molecule has 0 bridgehead atoms. The molecule has 1 aromatic carbocycles. The molecular formula is C13H14BrFN2O3. The molecule has 2 amide bonds. The van der Waals surface area contributed by atoms with Crippen molar-refractivity contribution >= 4 is 33.6 Å². The van der Waals surface area contributed by atoms with E-state index < -0.39 is 23.9 Å². The van der Waals surface area contributed by atoms with Gasteiger partial charge in [-0.3, -0.25) is 0 Å². The highest BCUT2D eigenvalue weighted by molar-refractivity contribution is 9.10. The van der Waals surface area contributed by atoms with Crippen LogP contribution < -0.4 is 5.32 Å². The third-order valence-corrected chi connectivity index (χ3v) is 3.88. The van der Waals surface area contributed by atoms with E-state index in [1.54, 1.807) is 6.92 Å². The second-order valence-corrected chi connectivity index (χ2v) is 5.71. The third-order valence-electron chi connectivity index (χ3n) is 3.38. The van der Waals surface area contributed by atoms with Gasteiger partial charge < -0.3 is 15.3 Å². The summed E-state index contributed by atoms with van der Waals surface area (Å²) >= 11 is 3.19. The first-order chi connectivity index (χ1) is 9.40. The molecule has 108 valence electrons. The average molecular weight is 345 g/mol. The summed E-state index contributed by atoms with van der Waals surface area (Å²) < 4.78 is 14.2.